The molecule has 0 atom stereocenters. The number of pyridine rings is 1. The fourth-order valence-corrected chi connectivity index (χ4v) is 6.01. The van der Waals surface area contributed by atoms with Crippen LogP contribution in [0.2, 0.25) is 0 Å². The molecule has 7 rings (SSSR count). The Hall–Kier alpha value is -4.72. The molecular weight excluding hydrogens is 514 g/mol. The van der Waals surface area contributed by atoms with Gasteiger partial charge in [-0.3, -0.25) is 9.78 Å². The largest absolute Gasteiger partial charge is 0.454 e. The van der Waals surface area contributed by atoms with Crippen molar-refractivity contribution in [3.8, 4) is 34.3 Å². The van der Waals surface area contributed by atoms with E-state index >= 15 is 0 Å². The molecule has 8 nitrogen and oxygen atoms in total. The normalized spacial score (nSPS) is 14.5. The van der Waals surface area contributed by atoms with E-state index in [1.807, 2.05) is 53.2 Å². The topological polar surface area (TPSA) is 82.4 Å². The summed E-state index contributed by atoms with van der Waals surface area (Å²) in [6.45, 7) is 1.30. The molecule has 1 amide bonds. The lowest BCUT2D eigenvalue weighted by Crippen LogP contribution is -2.42. The molecule has 0 unspecified atom stereocenters. The highest BCUT2D eigenvalue weighted by atomic mass is 16.7. The Bertz CT molecular complexity index is 1690. The molecule has 0 spiro atoms. The van der Waals surface area contributed by atoms with Gasteiger partial charge in [0, 0.05) is 36.1 Å². The second-order valence-electron chi connectivity index (χ2n) is 10.6. The van der Waals surface area contributed by atoms with Crippen LogP contribution in [0.25, 0.3) is 33.5 Å². The number of fused-ring (bicyclic) bond motifs is 2. The maximum absolute atomic E-state index is 13.9. The number of ether oxygens (including phenoxy) is 2. The number of carbonyl (C=O) groups is 1. The van der Waals surface area contributed by atoms with Crippen LogP contribution in [-0.4, -0.2) is 49.9 Å². The first-order valence-electron chi connectivity index (χ1n) is 14.2. The Morgan fingerprint density at radius 2 is 1.71 bits per heavy atom. The predicted molar refractivity (Wildman–Crippen MR) is 156 cm³/mol. The van der Waals surface area contributed by atoms with Crippen molar-refractivity contribution in [2.45, 2.75) is 44.7 Å². The van der Waals surface area contributed by atoms with Crippen molar-refractivity contribution in [1.82, 2.24) is 24.6 Å². The molecule has 0 bridgehead atoms. The molecule has 5 aromatic rings. The van der Waals surface area contributed by atoms with Crippen molar-refractivity contribution < 1.29 is 14.3 Å². The average molecular weight is 546 g/mol. The molecule has 1 saturated carbocycles. The first-order valence-corrected chi connectivity index (χ1v) is 14.2. The number of aromatic nitrogens is 4. The molecule has 41 heavy (non-hydrogen) atoms. The highest BCUT2D eigenvalue weighted by molar-refractivity contribution is 5.90. The molecule has 1 aliphatic carbocycles. The minimum atomic E-state index is 0.160. The van der Waals surface area contributed by atoms with E-state index in [2.05, 4.69) is 34.1 Å². The van der Waals surface area contributed by atoms with E-state index in [4.69, 9.17) is 19.6 Å². The van der Waals surface area contributed by atoms with Gasteiger partial charge in [-0.15, -0.1) is 0 Å². The van der Waals surface area contributed by atoms with E-state index in [1.165, 1.54) is 0 Å². The highest BCUT2D eigenvalue weighted by Crippen LogP contribution is 2.36. The number of benzene rings is 3. The van der Waals surface area contributed by atoms with Gasteiger partial charge in [0.2, 0.25) is 12.7 Å². The van der Waals surface area contributed by atoms with E-state index in [9.17, 15) is 4.79 Å². The van der Waals surface area contributed by atoms with Crippen molar-refractivity contribution in [2.75, 3.05) is 13.3 Å². The number of hydrogen-bond donors (Lipinski definition) is 0. The summed E-state index contributed by atoms with van der Waals surface area (Å²) in [5.74, 6) is 2.92. The minimum Gasteiger partial charge on any atom is -0.454 e. The maximum Gasteiger partial charge on any atom is 0.231 e. The van der Waals surface area contributed by atoms with Gasteiger partial charge in [-0.1, -0.05) is 55.3 Å². The van der Waals surface area contributed by atoms with Crippen LogP contribution in [0.15, 0.2) is 85.2 Å². The molecule has 0 N–H and O–H groups in total. The zero-order chi connectivity index (χ0) is 27.6. The number of carbonyl (C=O) groups excluding carboxylic acids is 1. The summed E-state index contributed by atoms with van der Waals surface area (Å²) in [4.78, 5) is 25.1. The molecule has 8 heteroatoms. The summed E-state index contributed by atoms with van der Waals surface area (Å²) in [6, 6.07) is 24.4. The molecular formula is C33H31N5O3. The standard InChI is InChI=1S/C33H31N5O3/c39-31(21-25-8-5-7-23-6-1-4-11-28(23)25)37(27-9-2-3-10-27)18-19-38-33(26-12-13-29-30(20-26)41-22-40-29)35-32(36-38)24-14-16-34-17-15-24/h1,4-8,11-17,20,27H,2-3,9-10,18-19,21-22H2. The van der Waals surface area contributed by atoms with Crippen LogP contribution in [0.3, 0.4) is 0 Å². The van der Waals surface area contributed by atoms with Crippen LogP contribution in [0.5, 0.6) is 11.5 Å². The first kappa shape index (κ1) is 25.3. The van der Waals surface area contributed by atoms with Crippen LogP contribution in [0, 0.1) is 0 Å². The Labute approximate surface area is 238 Å². The third-order valence-electron chi connectivity index (χ3n) is 8.10. The molecule has 0 radical (unpaired) electrons. The van der Waals surface area contributed by atoms with Crippen LogP contribution in [0.1, 0.15) is 31.2 Å². The summed E-state index contributed by atoms with van der Waals surface area (Å²) in [6.07, 6.45) is 8.24. The highest BCUT2D eigenvalue weighted by Gasteiger charge is 2.28. The summed E-state index contributed by atoms with van der Waals surface area (Å²) in [5, 5.41) is 7.20. The van der Waals surface area contributed by atoms with E-state index < -0.39 is 0 Å². The van der Waals surface area contributed by atoms with E-state index in [0.717, 1.165) is 64.7 Å². The number of rotatable bonds is 8. The van der Waals surface area contributed by atoms with Gasteiger partial charge in [0.15, 0.2) is 23.1 Å². The predicted octanol–water partition coefficient (Wildman–Crippen LogP) is 5.90. The van der Waals surface area contributed by atoms with Gasteiger partial charge in [-0.05, 0) is 59.5 Å². The number of nitrogens with zero attached hydrogens (tertiary/aromatic N) is 5. The summed E-state index contributed by atoms with van der Waals surface area (Å²) in [5.41, 5.74) is 2.84. The summed E-state index contributed by atoms with van der Waals surface area (Å²) in [7, 11) is 0. The molecule has 206 valence electrons. The Balaban J connectivity index is 1.19. The lowest BCUT2D eigenvalue weighted by atomic mass is 10.0. The molecule has 3 aromatic carbocycles. The third kappa shape index (κ3) is 5.13. The SMILES string of the molecule is O=C(Cc1cccc2ccccc12)N(CCn1nc(-c2ccncc2)nc1-c1ccc2c(c1)OCO2)C1CCCC1. The minimum absolute atomic E-state index is 0.160. The van der Waals surface area contributed by atoms with Crippen molar-refractivity contribution in [2.24, 2.45) is 0 Å². The summed E-state index contributed by atoms with van der Waals surface area (Å²) >= 11 is 0. The van der Waals surface area contributed by atoms with Gasteiger partial charge in [0.25, 0.3) is 0 Å². The van der Waals surface area contributed by atoms with Gasteiger partial charge in [0.05, 0.1) is 13.0 Å². The second kappa shape index (κ2) is 11.0. The Morgan fingerprint density at radius 1 is 0.902 bits per heavy atom. The van der Waals surface area contributed by atoms with Crippen molar-refractivity contribution in [3.63, 3.8) is 0 Å². The van der Waals surface area contributed by atoms with Crippen LogP contribution in [-0.2, 0) is 17.8 Å². The molecule has 1 fully saturated rings. The van der Waals surface area contributed by atoms with Crippen molar-refractivity contribution in [1.29, 1.82) is 0 Å². The first-order chi connectivity index (χ1) is 20.2. The monoisotopic (exact) mass is 545 g/mol. The lowest BCUT2D eigenvalue weighted by Gasteiger charge is -2.29. The van der Waals surface area contributed by atoms with E-state index in [1.54, 1.807) is 12.4 Å². The fraction of sp³-hybridized carbons (Fsp3) is 0.273. The number of amides is 1. The van der Waals surface area contributed by atoms with E-state index in [0.29, 0.717) is 31.1 Å². The Morgan fingerprint density at radius 3 is 2.59 bits per heavy atom. The van der Waals surface area contributed by atoms with E-state index in [-0.39, 0.29) is 18.7 Å². The quantitative estimate of drug-likeness (QED) is 0.241. The van der Waals surface area contributed by atoms with Crippen molar-refractivity contribution in [3.05, 3.63) is 90.8 Å². The van der Waals surface area contributed by atoms with Crippen molar-refractivity contribution >= 4 is 16.7 Å². The molecule has 1 aliphatic heterocycles. The second-order valence-corrected chi connectivity index (χ2v) is 10.6. The molecule has 2 aromatic heterocycles. The molecule has 0 saturated heterocycles. The van der Waals surface area contributed by atoms with Crippen LogP contribution >= 0.6 is 0 Å². The third-order valence-corrected chi connectivity index (χ3v) is 8.10. The van der Waals surface area contributed by atoms with Gasteiger partial charge in [0.1, 0.15) is 0 Å². The summed E-state index contributed by atoms with van der Waals surface area (Å²) < 4.78 is 13.1. The molecule has 3 heterocycles. The average Bonchev–Trinajstić information content (AvgIpc) is 3.79. The van der Waals surface area contributed by atoms with Gasteiger partial charge >= 0.3 is 0 Å². The Kier molecular flexibility index (Phi) is 6.80. The van der Waals surface area contributed by atoms with Gasteiger partial charge < -0.3 is 14.4 Å². The lowest BCUT2D eigenvalue weighted by molar-refractivity contribution is -0.132. The zero-order valence-electron chi connectivity index (χ0n) is 22.8. The zero-order valence-corrected chi connectivity index (χ0v) is 22.8. The maximum atomic E-state index is 13.9. The van der Waals surface area contributed by atoms with Gasteiger partial charge in [-0.25, -0.2) is 9.67 Å². The van der Waals surface area contributed by atoms with Crippen LogP contribution in [0.4, 0.5) is 0 Å². The van der Waals surface area contributed by atoms with Gasteiger partial charge in [-0.2, -0.15) is 5.10 Å². The number of hydrogen-bond acceptors (Lipinski definition) is 6. The van der Waals surface area contributed by atoms with Crippen LogP contribution < -0.4 is 9.47 Å². The molecule has 2 aliphatic rings. The fourth-order valence-electron chi connectivity index (χ4n) is 6.01. The smallest absolute Gasteiger partial charge is 0.231 e.